The second-order valence-electron chi connectivity index (χ2n) is 9.14. The summed E-state index contributed by atoms with van der Waals surface area (Å²) < 4.78 is 25.8. The molecule has 3 atom stereocenters. The van der Waals surface area contributed by atoms with Gasteiger partial charge in [0.15, 0.2) is 0 Å². The highest BCUT2D eigenvalue weighted by molar-refractivity contribution is 5.71. The molecule has 4 nitrogen and oxygen atoms in total. The Balaban J connectivity index is 1.35. The lowest BCUT2D eigenvalue weighted by atomic mass is 9.83. The molecule has 1 aliphatic heterocycles. The van der Waals surface area contributed by atoms with Gasteiger partial charge in [-0.1, -0.05) is 43.3 Å². The molecule has 1 fully saturated rings. The van der Waals surface area contributed by atoms with E-state index in [1.165, 1.54) is 6.07 Å². The maximum absolute atomic E-state index is 14.3. The van der Waals surface area contributed by atoms with E-state index in [1.54, 1.807) is 26.2 Å². The van der Waals surface area contributed by atoms with Crippen LogP contribution in [0.2, 0.25) is 0 Å². The summed E-state index contributed by atoms with van der Waals surface area (Å²) in [5.41, 5.74) is 4.49. The predicted octanol–water partition coefficient (Wildman–Crippen LogP) is 6.39. The van der Waals surface area contributed by atoms with Crippen molar-refractivity contribution in [1.82, 2.24) is 0 Å². The molecule has 0 radical (unpaired) electrons. The number of hydrogen-bond donors (Lipinski definition) is 1. The first-order valence-corrected chi connectivity index (χ1v) is 11.4. The molecule has 0 saturated heterocycles. The first-order valence-electron chi connectivity index (χ1n) is 11.4. The quantitative estimate of drug-likeness (QED) is 0.457. The van der Waals surface area contributed by atoms with Crippen molar-refractivity contribution in [3.8, 4) is 22.6 Å². The first-order chi connectivity index (χ1) is 15.9. The lowest BCUT2D eigenvalue weighted by Crippen LogP contribution is -2.20. The van der Waals surface area contributed by atoms with Crippen LogP contribution in [0.4, 0.5) is 4.39 Å². The number of hydrogen-bond acceptors (Lipinski definition) is 3. The first kappa shape index (κ1) is 21.5. The minimum Gasteiger partial charge on any atom is -0.497 e. The van der Waals surface area contributed by atoms with Crippen molar-refractivity contribution in [1.29, 1.82) is 0 Å². The number of fused-ring (bicyclic) bond motifs is 1. The van der Waals surface area contributed by atoms with Crippen LogP contribution >= 0.6 is 0 Å². The summed E-state index contributed by atoms with van der Waals surface area (Å²) in [6.07, 6.45) is 2.81. The SMILES string of the molecule is COc1ccc(F)c(-c2ccc(C3Cc4ccc(C(C5CC5)[C@H](C)C(=O)O)cc4O3)cc2)c1. The number of rotatable bonds is 7. The molecule has 1 heterocycles. The predicted molar refractivity (Wildman–Crippen MR) is 124 cm³/mol. The fourth-order valence-electron chi connectivity index (χ4n) is 4.95. The molecular weight excluding hydrogens is 419 g/mol. The number of carboxylic acid groups (broad SMARTS) is 1. The van der Waals surface area contributed by atoms with E-state index in [2.05, 4.69) is 12.1 Å². The largest absolute Gasteiger partial charge is 0.497 e. The smallest absolute Gasteiger partial charge is 0.306 e. The summed E-state index contributed by atoms with van der Waals surface area (Å²) in [5, 5.41) is 9.56. The fraction of sp³-hybridized carbons (Fsp3) is 0.321. The van der Waals surface area contributed by atoms with Crippen molar-refractivity contribution in [2.24, 2.45) is 11.8 Å². The van der Waals surface area contributed by atoms with E-state index in [4.69, 9.17) is 9.47 Å². The summed E-state index contributed by atoms with van der Waals surface area (Å²) in [4.78, 5) is 11.6. The van der Waals surface area contributed by atoms with Crippen LogP contribution in [0.15, 0.2) is 60.7 Å². The average Bonchev–Trinajstić information content (AvgIpc) is 3.56. The Morgan fingerprint density at radius 2 is 1.85 bits per heavy atom. The Hall–Kier alpha value is -3.34. The van der Waals surface area contributed by atoms with E-state index in [9.17, 15) is 14.3 Å². The van der Waals surface area contributed by atoms with Crippen molar-refractivity contribution >= 4 is 5.97 Å². The van der Waals surface area contributed by atoms with E-state index < -0.39 is 11.9 Å². The number of carbonyl (C=O) groups is 1. The Kier molecular flexibility index (Phi) is 5.57. The number of methoxy groups -OCH3 is 1. The molecule has 1 N–H and O–H groups in total. The third-order valence-electron chi connectivity index (χ3n) is 6.98. The molecule has 2 unspecified atom stereocenters. The summed E-state index contributed by atoms with van der Waals surface area (Å²) in [5.74, 6) is 0.451. The zero-order chi connectivity index (χ0) is 23.1. The second kappa shape index (κ2) is 8.54. The lowest BCUT2D eigenvalue weighted by Gasteiger charge is -2.21. The van der Waals surface area contributed by atoms with Crippen molar-refractivity contribution < 1.29 is 23.8 Å². The number of aliphatic carboxylic acids is 1. The molecule has 0 aromatic heterocycles. The Labute approximate surface area is 193 Å². The van der Waals surface area contributed by atoms with E-state index in [0.717, 1.165) is 47.3 Å². The van der Waals surface area contributed by atoms with Crippen LogP contribution in [0.3, 0.4) is 0 Å². The Bertz CT molecular complexity index is 1180. The third-order valence-corrected chi connectivity index (χ3v) is 6.98. The molecule has 3 aromatic rings. The van der Waals surface area contributed by atoms with E-state index in [0.29, 0.717) is 17.2 Å². The molecule has 0 bridgehead atoms. The number of halogens is 1. The van der Waals surface area contributed by atoms with Crippen LogP contribution in [-0.2, 0) is 11.2 Å². The topological polar surface area (TPSA) is 55.8 Å². The summed E-state index contributed by atoms with van der Waals surface area (Å²) >= 11 is 0. The zero-order valence-electron chi connectivity index (χ0n) is 18.8. The second-order valence-corrected chi connectivity index (χ2v) is 9.14. The average molecular weight is 447 g/mol. The molecule has 5 rings (SSSR count). The van der Waals surface area contributed by atoms with Crippen molar-refractivity contribution in [3.05, 3.63) is 83.2 Å². The number of benzene rings is 3. The van der Waals surface area contributed by atoms with Gasteiger partial charge in [0.05, 0.1) is 13.0 Å². The van der Waals surface area contributed by atoms with Crippen molar-refractivity contribution in [3.63, 3.8) is 0 Å². The molecule has 0 spiro atoms. The highest BCUT2D eigenvalue weighted by Crippen LogP contribution is 2.48. The standard InChI is InChI=1S/C28H27FO4/c1-16(28(30)31)27(19-7-8-19)21-10-9-20-13-25(33-26(20)14-21)18-5-3-17(4-6-18)23-15-22(32-2)11-12-24(23)29/h3-6,9-12,14-16,19,25,27H,7-8,13H2,1-2H3,(H,30,31)/t16-,25?,27?/m0/s1. The lowest BCUT2D eigenvalue weighted by molar-refractivity contribution is -0.142. The maximum Gasteiger partial charge on any atom is 0.306 e. The van der Waals surface area contributed by atoms with Gasteiger partial charge in [0.2, 0.25) is 0 Å². The van der Waals surface area contributed by atoms with Gasteiger partial charge in [0.1, 0.15) is 23.4 Å². The van der Waals surface area contributed by atoms with E-state index >= 15 is 0 Å². The highest BCUT2D eigenvalue weighted by Gasteiger charge is 2.39. The van der Waals surface area contributed by atoms with E-state index in [1.807, 2.05) is 30.3 Å². The van der Waals surface area contributed by atoms with Crippen LogP contribution in [0.5, 0.6) is 11.5 Å². The maximum atomic E-state index is 14.3. The van der Waals surface area contributed by atoms with Gasteiger partial charge in [-0.05, 0) is 71.2 Å². The van der Waals surface area contributed by atoms with Gasteiger partial charge < -0.3 is 14.6 Å². The highest BCUT2D eigenvalue weighted by atomic mass is 19.1. The Morgan fingerprint density at radius 3 is 2.52 bits per heavy atom. The van der Waals surface area contributed by atoms with Crippen LogP contribution < -0.4 is 9.47 Å². The molecule has 5 heteroatoms. The van der Waals surface area contributed by atoms with Gasteiger partial charge in [0, 0.05) is 12.0 Å². The van der Waals surface area contributed by atoms with Gasteiger partial charge in [-0.25, -0.2) is 4.39 Å². The van der Waals surface area contributed by atoms with Gasteiger partial charge >= 0.3 is 5.97 Å². The van der Waals surface area contributed by atoms with Gasteiger partial charge in [-0.15, -0.1) is 0 Å². The summed E-state index contributed by atoms with van der Waals surface area (Å²) in [6, 6.07) is 18.7. The number of carboxylic acids is 1. The summed E-state index contributed by atoms with van der Waals surface area (Å²) in [7, 11) is 1.57. The van der Waals surface area contributed by atoms with Crippen molar-refractivity contribution in [2.45, 2.75) is 38.2 Å². The Morgan fingerprint density at radius 1 is 1.09 bits per heavy atom. The molecule has 3 aromatic carbocycles. The van der Waals surface area contributed by atoms with E-state index in [-0.39, 0.29) is 17.8 Å². The van der Waals surface area contributed by atoms with Gasteiger partial charge in [0.25, 0.3) is 0 Å². The fourth-order valence-corrected chi connectivity index (χ4v) is 4.95. The van der Waals surface area contributed by atoms with Crippen LogP contribution in [0.25, 0.3) is 11.1 Å². The molecule has 33 heavy (non-hydrogen) atoms. The summed E-state index contributed by atoms with van der Waals surface area (Å²) in [6.45, 7) is 1.80. The minimum atomic E-state index is -0.751. The van der Waals surface area contributed by atoms with Crippen molar-refractivity contribution in [2.75, 3.05) is 7.11 Å². The molecule has 1 saturated carbocycles. The van der Waals surface area contributed by atoms with Crippen LogP contribution in [0, 0.1) is 17.7 Å². The third kappa shape index (κ3) is 4.20. The van der Waals surface area contributed by atoms with Crippen LogP contribution in [0.1, 0.15) is 48.5 Å². The molecular formula is C28H27FO4. The van der Waals surface area contributed by atoms with Gasteiger partial charge in [-0.2, -0.15) is 0 Å². The normalized spacial score (nSPS) is 18.8. The number of ether oxygens (including phenoxy) is 2. The molecule has 170 valence electrons. The zero-order valence-corrected chi connectivity index (χ0v) is 18.8. The minimum absolute atomic E-state index is 0.0208. The van der Waals surface area contributed by atoms with Crippen LogP contribution in [-0.4, -0.2) is 18.2 Å². The molecule has 1 aliphatic carbocycles. The van der Waals surface area contributed by atoms with Gasteiger partial charge in [-0.3, -0.25) is 4.79 Å². The monoisotopic (exact) mass is 446 g/mol. The molecule has 0 amide bonds. The molecule has 2 aliphatic rings.